The van der Waals surface area contributed by atoms with Gasteiger partial charge in [0, 0.05) is 12.1 Å². The molecule has 2 aliphatic heterocycles. The molecule has 1 aromatic rings. The van der Waals surface area contributed by atoms with Gasteiger partial charge in [-0.3, -0.25) is 9.69 Å². The lowest BCUT2D eigenvalue weighted by molar-refractivity contribution is -0.123. The molecule has 0 unspecified atom stereocenters. The topological polar surface area (TPSA) is 66.5 Å². The summed E-state index contributed by atoms with van der Waals surface area (Å²) < 4.78 is 35.9. The Morgan fingerprint density at radius 3 is 2.65 bits per heavy atom. The minimum absolute atomic E-state index is 0.0418. The van der Waals surface area contributed by atoms with Crippen molar-refractivity contribution >= 4 is 15.7 Å². The van der Waals surface area contributed by atoms with Crippen LogP contribution in [0.1, 0.15) is 30.9 Å². The third kappa shape index (κ3) is 4.09. The highest BCUT2D eigenvalue weighted by Crippen LogP contribution is 2.31. The monoisotopic (exact) mass is 340 g/mol. The number of carbonyl (C=O) groups excluding carboxylic acids is 1. The number of carbonyl (C=O) groups is 1. The molecule has 3 rings (SSSR count). The number of rotatable bonds is 4. The molecule has 1 amide bonds. The van der Waals surface area contributed by atoms with Crippen LogP contribution in [0, 0.1) is 5.82 Å². The van der Waals surface area contributed by atoms with Crippen LogP contribution in [0.2, 0.25) is 0 Å². The van der Waals surface area contributed by atoms with E-state index in [0.717, 1.165) is 24.9 Å². The summed E-state index contributed by atoms with van der Waals surface area (Å²) in [5.41, 5.74) is 1.01. The molecule has 2 heterocycles. The lowest BCUT2D eigenvalue weighted by Gasteiger charge is -2.25. The van der Waals surface area contributed by atoms with Gasteiger partial charge in [-0.25, -0.2) is 12.8 Å². The van der Waals surface area contributed by atoms with Gasteiger partial charge in [-0.05, 0) is 43.5 Å². The number of amides is 1. The lowest BCUT2D eigenvalue weighted by Crippen LogP contribution is -2.42. The standard InChI is InChI=1S/C16H21FN2O3S/c17-13-5-3-12(4-6-13)15-2-1-8-19(15)10-16(20)18-14-7-9-23(21,22)11-14/h3-6,14-15H,1-2,7-11H2,(H,18,20)/t14-,15-/m0/s1. The first kappa shape index (κ1) is 16.4. The molecule has 0 aliphatic carbocycles. The zero-order chi connectivity index (χ0) is 16.4. The predicted molar refractivity (Wildman–Crippen MR) is 85.1 cm³/mol. The van der Waals surface area contributed by atoms with Crippen LogP contribution in [0.5, 0.6) is 0 Å². The van der Waals surface area contributed by atoms with Crippen molar-refractivity contribution in [1.82, 2.24) is 10.2 Å². The van der Waals surface area contributed by atoms with Gasteiger partial charge in [-0.15, -0.1) is 0 Å². The van der Waals surface area contributed by atoms with Crippen LogP contribution in [0.3, 0.4) is 0 Å². The number of nitrogens with one attached hydrogen (secondary N) is 1. The highest BCUT2D eigenvalue weighted by atomic mass is 32.2. The van der Waals surface area contributed by atoms with Crippen molar-refractivity contribution in [1.29, 1.82) is 0 Å². The second-order valence-corrected chi connectivity index (χ2v) is 8.58. The van der Waals surface area contributed by atoms with Crippen LogP contribution in [0.4, 0.5) is 4.39 Å². The average molecular weight is 340 g/mol. The molecule has 0 radical (unpaired) electrons. The van der Waals surface area contributed by atoms with Crippen molar-refractivity contribution in [3.8, 4) is 0 Å². The van der Waals surface area contributed by atoms with Crippen LogP contribution in [-0.4, -0.2) is 49.9 Å². The molecule has 0 spiro atoms. The molecule has 7 heteroatoms. The van der Waals surface area contributed by atoms with Gasteiger partial charge in [-0.2, -0.15) is 0 Å². The van der Waals surface area contributed by atoms with E-state index in [-0.39, 0.29) is 41.9 Å². The minimum Gasteiger partial charge on any atom is -0.351 e. The van der Waals surface area contributed by atoms with Crippen molar-refractivity contribution in [2.75, 3.05) is 24.6 Å². The third-order valence-corrected chi connectivity index (χ3v) is 6.33. The average Bonchev–Trinajstić information content (AvgIpc) is 3.06. The minimum atomic E-state index is -2.99. The number of hydrogen-bond donors (Lipinski definition) is 1. The molecule has 5 nitrogen and oxygen atoms in total. The number of halogens is 1. The Morgan fingerprint density at radius 1 is 1.26 bits per heavy atom. The molecule has 2 aliphatic rings. The predicted octanol–water partition coefficient (Wildman–Crippen LogP) is 1.27. The van der Waals surface area contributed by atoms with Gasteiger partial charge in [0.1, 0.15) is 5.82 Å². The number of nitrogens with zero attached hydrogens (tertiary/aromatic N) is 1. The van der Waals surface area contributed by atoms with Gasteiger partial charge < -0.3 is 5.32 Å². The Hall–Kier alpha value is -1.47. The molecule has 0 bridgehead atoms. The molecule has 0 saturated carbocycles. The van der Waals surface area contributed by atoms with Crippen LogP contribution in [-0.2, 0) is 14.6 Å². The van der Waals surface area contributed by atoms with Crippen molar-refractivity contribution < 1.29 is 17.6 Å². The first-order chi connectivity index (χ1) is 10.9. The molecule has 1 N–H and O–H groups in total. The molecule has 2 saturated heterocycles. The van der Waals surface area contributed by atoms with E-state index in [4.69, 9.17) is 0 Å². The zero-order valence-electron chi connectivity index (χ0n) is 12.9. The van der Waals surface area contributed by atoms with Crippen LogP contribution < -0.4 is 5.32 Å². The van der Waals surface area contributed by atoms with Crippen molar-refractivity contribution in [3.05, 3.63) is 35.6 Å². The Labute approximate surface area is 135 Å². The van der Waals surface area contributed by atoms with Crippen LogP contribution in [0.15, 0.2) is 24.3 Å². The smallest absolute Gasteiger partial charge is 0.234 e. The number of hydrogen-bond acceptors (Lipinski definition) is 4. The summed E-state index contributed by atoms with van der Waals surface area (Å²) in [7, 11) is -2.99. The fourth-order valence-corrected chi connectivity index (χ4v) is 5.12. The Kier molecular flexibility index (Phi) is 4.68. The van der Waals surface area contributed by atoms with Gasteiger partial charge in [0.2, 0.25) is 5.91 Å². The fraction of sp³-hybridized carbons (Fsp3) is 0.562. The summed E-state index contributed by atoms with van der Waals surface area (Å²) in [5, 5.41) is 2.82. The van der Waals surface area contributed by atoms with E-state index in [0.29, 0.717) is 6.42 Å². The van der Waals surface area contributed by atoms with Gasteiger partial charge >= 0.3 is 0 Å². The Morgan fingerprint density at radius 2 is 2.00 bits per heavy atom. The number of sulfone groups is 1. The third-order valence-electron chi connectivity index (χ3n) is 4.56. The summed E-state index contributed by atoms with van der Waals surface area (Å²) in [6, 6.07) is 6.26. The molecular formula is C16H21FN2O3S. The second-order valence-electron chi connectivity index (χ2n) is 6.35. The SMILES string of the molecule is O=C(CN1CCC[C@H]1c1ccc(F)cc1)N[C@H]1CCS(=O)(=O)C1. The van der Waals surface area contributed by atoms with E-state index in [1.54, 1.807) is 12.1 Å². The first-order valence-corrected chi connectivity index (χ1v) is 9.74. The maximum atomic E-state index is 13.0. The normalized spacial score (nSPS) is 27.2. The lowest BCUT2D eigenvalue weighted by atomic mass is 10.0. The summed E-state index contributed by atoms with van der Waals surface area (Å²) in [6.45, 7) is 1.07. The van der Waals surface area contributed by atoms with E-state index in [9.17, 15) is 17.6 Å². The highest BCUT2D eigenvalue weighted by molar-refractivity contribution is 7.91. The zero-order valence-corrected chi connectivity index (χ0v) is 13.7. The molecule has 126 valence electrons. The van der Waals surface area contributed by atoms with Crippen molar-refractivity contribution in [2.24, 2.45) is 0 Å². The fourth-order valence-electron chi connectivity index (χ4n) is 3.44. The van der Waals surface area contributed by atoms with E-state index < -0.39 is 9.84 Å². The molecular weight excluding hydrogens is 319 g/mol. The van der Waals surface area contributed by atoms with Gasteiger partial charge in [-0.1, -0.05) is 12.1 Å². The van der Waals surface area contributed by atoms with Gasteiger partial charge in [0.05, 0.1) is 18.1 Å². The highest BCUT2D eigenvalue weighted by Gasteiger charge is 2.31. The molecule has 23 heavy (non-hydrogen) atoms. The molecule has 2 atom stereocenters. The van der Waals surface area contributed by atoms with Crippen molar-refractivity contribution in [2.45, 2.75) is 31.3 Å². The van der Waals surface area contributed by atoms with E-state index >= 15 is 0 Å². The maximum absolute atomic E-state index is 13.0. The summed E-state index contributed by atoms with van der Waals surface area (Å²) in [4.78, 5) is 14.3. The largest absolute Gasteiger partial charge is 0.351 e. The summed E-state index contributed by atoms with van der Waals surface area (Å²) >= 11 is 0. The van der Waals surface area contributed by atoms with Gasteiger partial charge in [0.15, 0.2) is 9.84 Å². The summed E-state index contributed by atoms with van der Waals surface area (Å²) in [6.07, 6.45) is 2.43. The quantitative estimate of drug-likeness (QED) is 0.896. The Balaban J connectivity index is 1.58. The molecule has 1 aromatic carbocycles. The van der Waals surface area contributed by atoms with Gasteiger partial charge in [0.25, 0.3) is 0 Å². The first-order valence-electron chi connectivity index (χ1n) is 7.92. The van der Waals surface area contributed by atoms with E-state index in [2.05, 4.69) is 10.2 Å². The second kappa shape index (κ2) is 6.57. The van der Waals surface area contributed by atoms with Crippen LogP contribution in [0.25, 0.3) is 0 Å². The molecule has 0 aromatic heterocycles. The maximum Gasteiger partial charge on any atom is 0.234 e. The summed E-state index contributed by atoms with van der Waals surface area (Å²) in [5.74, 6) is -0.209. The van der Waals surface area contributed by atoms with E-state index in [1.807, 2.05) is 0 Å². The van der Waals surface area contributed by atoms with Crippen molar-refractivity contribution in [3.63, 3.8) is 0 Å². The van der Waals surface area contributed by atoms with E-state index in [1.165, 1.54) is 12.1 Å². The molecule has 2 fully saturated rings. The number of benzene rings is 1. The Bertz CT molecular complexity index is 675. The van der Waals surface area contributed by atoms with Crippen LogP contribution >= 0.6 is 0 Å². The number of likely N-dealkylation sites (tertiary alicyclic amines) is 1.